The van der Waals surface area contributed by atoms with E-state index in [4.69, 9.17) is 34.8 Å². The number of halogens is 3. The molecule has 1 unspecified atom stereocenters. The van der Waals surface area contributed by atoms with Crippen molar-refractivity contribution in [2.24, 2.45) is 0 Å². The Morgan fingerprint density at radius 2 is 1.58 bits per heavy atom. The number of rotatable bonds is 9. The monoisotopic (exact) mass is 595 g/mol. The summed E-state index contributed by atoms with van der Waals surface area (Å²) in [4.78, 5) is 27.7. The Kier molecular flexibility index (Phi) is 9.70. The molecule has 0 saturated carbocycles. The minimum Gasteiger partial charge on any atom is -0.357 e. The lowest BCUT2D eigenvalue weighted by molar-refractivity contribution is -0.139. The Balaban J connectivity index is 2.08. The third kappa shape index (κ3) is 6.61. The lowest BCUT2D eigenvalue weighted by Crippen LogP contribution is -2.50. The molecule has 0 fully saturated rings. The molecule has 7 nitrogen and oxygen atoms in total. The van der Waals surface area contributed by atoms with Gasteiger partial charge in [-0.25, -0.2) is 8.42 Å². The number of benzene rings is 3. The molecular formula is C27H28Cl3N3O4S. The number of hydrogen-bond acceptors (Lipinski definition) is 4. The van der Waals surface area contributed by atoms with Crippen LogP contribution >= 0.6 is 34.8 Å². The molecule has 38 heavy (non-hydrogen) atoms. The summed E-state index contributed by atoms with van der Waals surface area (Å²) in [5.41, 5.74) is 2.26. The highest BCUT2D eigenvalue weighted by Gasteiger charge is 2.33. The fraction of sp³-hybridized carbons (Fsp3) is 0.259. The second kappa shape index (κ2) is 12.4. The maximum atomic E-state index is 13.9. The van der Waals surface area contributed by atoms with E-state index in [1.165, 1.54) is 24.1 Å². The number of carbonyl (C=O) groups is 2. The maximum absolute atomic E-state index is 13.9. The molecule has 0 aliphatic heterocycles. The van der Waals surface area contributed by atoms with Crippen molar-refractivity contribution in [3.05, 3.63) is 92.4 Å². The molecule has 0 heterocycles. The summed E-state index contributed by atoms with van der Waals surface area (Å²) in [5, 5.41) is 3.53. The highest BCUT2D eigenvalue weighted by Crippen LogP contribution is 2.31. The van der Waals surface area contributed by atoms with Crippen molar-refractivity contribution in [2.75, 3.05) is 17.9 Å². The van der Waals surface area contributed by atoms with E-state index in [1.54, 1.807) is 62.4 Å². The maximum Gasteiger partial charge on any atom is 0.264 e. The van der Waals surface area contributed by atoms with Crippen LogP contribution in [0, 0.1) is 13.8 Å². The molecule has 0 aromatic heterocycles. The minimum atomic E-state index is -4.19. The topological polar surface area (TPSA) is 86.8 Å². The van der Waals surface area contributed by atoms with Gasteiger partial charge in [0, 0.05) is 18.6 Å². The van der Waals surface area contributed by atoms with Gasteiger partial charge in [-0.15, -0.1) is 0 Å². The molecule has 3 rings (SSSR count). The molecule has 3 aromatic carbocycles. The van der Waals surface area contributed by atoms with Crippen LogP contribution in [0.2, 0.25) is 15.1 Å². The number of nitrogens with one attached hydrogen (secondary N) is 1. The fourth-order valence-electron chi connectivity index (χ4n) is 3.84. The number of sulfonamides is 1. The van der Waals surface area contributed by atoms with Crippen LogP contribution in [0.1, 0.15) is 23.6 Å². The first-order valence-corrected chi connectivity index (χ1v) is 14.2. The van der Waals surface area contributed by atoms with Gasteiger partial charge in [0.1, 0.15) is 12.6 Å². The highest BCUT2D eigenvalue weighted by molar-refractivity contribution is 7.92. The van der Waals surface area contributed by atoms with E-state index in [0.717, 1.165) is 9.87 Å². The Morgan fingerprint density at radius 3 is 2.18 bits per heavy atom. The van der Waals surface area contributed by atoms with Crippen LogP contribution in [-0.4, -0.2) is 44.8 Å². The number of carbonyl (C=O) groups excluding carboxylic acids is 2. The predicted molar refractivity (Wildman–Crippen MR) is 152 cm³/mol. The fourth-order valence-corrected chi connectivity index (χ4v) is 5.81. The summed E-state index contributed by atoms with van der Waals surface area (Å²) < 4.78 is 28.8. The van der Waals surface area contributed by atoms with Crippen LogP contribution in [0.15, 0.2) is 65.6 Å². The summed E-state index contributed by atoms with van der Waals surface area (Å²) in [5.74, 6) is -1.01. The van der Waals surface area contributed by atoms with Crippen molar-refractivity contribution in [1.82, 2.24) is 10.2 Å². The number of aryl methyl sites for hydroxylation is 1. The Hall–Kier alpha value is -2.78. The first-order chi connectivity index (χ1) is 17.9. The lowest BCUT2D eigenvalue weighted by Gasteiger charge is -2.32. The van der Waals surface area contributed by atoms with Gasteiger partial charge >= 0.3 is 0 Å². The largest absolute Gasteiger partial charge is 0.357 e. The lowest BCUT2D eigenvalue weighted by atomic mass is 10.1. The van der Waals surface area contributed by atoms with Crippen LogP contribution in [0.3, 0.4) is 0 Å². The normalized spacial score (nSPS) is 12.1. The van der Waals surface area contributed by atoms with Gasteiger partial charge in [-0.05, 0) is 68.3 Å². The Bertz CT molecular complexity index is 1450. The molecule has 0 aliphatic rings. The van der Waals surface area contributed by atoms with E-state index in [2.05, 4.69) is 5.32 Å². The second-order valence-electron chi connectivity index (χ2n) is 8.77. The SMILES string of the molecule is CNC(=O)C(C)N(Cc1ccc(Cl)c(Cl)c1)C(=O)CN(c1cccc(Cl)c1C)S(=O)(=O)c1ccc(C)cc1. The average molecular weight is 597 g/mol. The van der Waals surface area contributed by atoms with Crippen molar-refractivity contribution < 1.29 is 18.0 Å². The molecule has 11 heteroatoms. The first-order valence-electron chi connectivity index (χ1n) is 11.7. The molecule has 1 N–H and O–H groups in total. The number of nitrogens with zero attached hydrogens (tertiary/aromatic N) is 2. The second-order valence-corrected chi connectivity index (χ2v) is 11.9. The van der Waals surface area contributed by atoms with Crippen LogP contribution in [-0.2, 0) is 26.2 Å². The molecule has 0 radical (unpaired) electrons. The predicted octanol–water partition coefficient (Wildman–Crippen LogP) is 5.62. The van der Waals surface area contributed by atoms with E-state index in [-0.39, 0.29) is 17.1 Å². The standard InChI is InChI=1S/C27H28Cl3N3O4S/c1-17-8-11-21(12-9-17)38(36,37)33(25-7-5-6-22(28)18(25)2)16-26(34)32(19(3)27(35)31-4)15-20-10-13-23(29)24(30)14-20/h5-14,19H,15-16H2,1-4H3,(H,31,35). The van der Waals surface area contributed by atoms with Gasteiger partial charge in [0.25, 0.3) is 10.0 Å². The van der Waals surface area contributed by atoms with Crippen LogP contribution in [0.4, 0.5) is 5.69 Å². The quantitative estimate of drug-likeness (QED) is 0.347. The molecule has 202 valence electrons. The van der Waals surface area contributed by atoms with Gasteiger partial charge in [0.05, 0.1) is 20.6 Å². The van der Waals surface area contributed by atoms with E-state index in [0.29, 0.717) is 26.2 Å². The Morgan fingerprint density at radius 1 is 0.921 bits per heavy atom. The van der Waals surface area contributed by atoms with E-state index >= 15 is 0 Å². The molecule has 0 aliphatic carbocycles. The van der Waals surface area contributed by atoms with Crippen molar-refractivity contribution in [3.63, 3.8) is 0 Å². The molecule has 0 spiro atoms. The molecule has 0 saturated heterocycles. The molecular weight excluding hydrogens is 569 g/mol. The number of anilines is 1. The zero-order chi connectivity index (χ0) is 28.2. The van der Waals surface area contributed by atoms with Crippen molar-refractivity contribution >= 4 is 62.3 Å². The summed E-state index contributed by atoms with van der Waals surface area (Å²) >= 11 is 18.5. The van der Waals surface area contributed by atoms with Crippen molar-refractivity contribution in [3.8, 4) is 0 Å². The van der Waals surface area contributed by atoms with Gasteiger partial charge < -0.3 is 10.2 Å². The number of likely N-dealkylation sites (N-methyl/N-ethyl adjacent to an activating group) is 1. The summed E-state index contributed by atoms with van der Waals surface area (Å²) in [6.07, 6.45) is 0. The van der Waals surface area contributed by atoms with Gasteiger partial charge in [0.2, 0.25) is 11.8 Å². The first kappa shape index (κ1) is 29.8. The highest BCUT2D eigenvalue weighted by atomic mass is 35.5. The molecule has 1 atom stereocenters. The van der Waals surface area contributed by atoms with E-state index in [1.807, 2.05) is 6.92 Å². The van der Waals surface area contributed by atoms with Crippen molar-refractivity contribution in [1.29, 1.82) is 0 Å². The zero-order valence-electron chi connectivity index (χ0n) is 21.3. The third-order valence-corrected chi connectivity index (χ3v) is 9.07. The van der Waals surface area contributed by atoms with Gasteiger partial charge in [-0.2, -0.15) is 0 Å². The van der Waals surface area contributed by atoms with Crippen LogP contribution < -0.4 is 9.62 Å². The molecule has 2 amide bonds. The molecule has 3 aromatic rings. The summed E-state index contributed by atoms with van der Waals surface area (Å²) in [6, 6.07) is 15.2. The van der Waals surface area contributed by atoms with Crippen molar-refractivity contribution in [2.45, 2.75) is 38.3 Å². The summed E-state index contributed by atoms with van der Waals surface area (Å²) in [7, 11) is -2.72. The third-order valence-electron chi connectivity index (χ3n) is 6.15. The van der Waals surface area contributed by atoms with E-state index < -0.39 is 34.4 Å². The Labute approximate surface area is 238 Å². The zero-order valence-corrected chi connectivity index (χ0v) is 24.4. The average Bonchev–Trinajstić information content (AvgIpc) is 2.88. The summed E-state index contributed by atoms with van der Waals surface area (Å²) in [6.45, 7) is 4.52. The number of hydrogen-bond donors (Lipinski definition) is 1. The number of amides is 2. The van der Waals surface area contributed by atoms with Gasteiger partial charge in [-0.1, -0.05) is 64.6 Å². The van der Waals surface area contributed by atoms with E-state index in [9.17, 15) is 18.0 Å². The van der Waals surface area contributed by atoms with Crippen LogP contribution in [0.25, 0.3) is 0 Å². The van der Waals surface area contributed by atoms with Gasteiger partial charge in [0.15, 0.2) is 0 Å². The van der Waals surface area contributed by atoms with Crippen LogP contribution in [0.5, 0.6) is 0 Å². The minimum absolute atomic E-state index is 0.00272. The smallest absolute Gasteiger partial charge is 0.264 e. The molecule has 0 bridgehead atoms. The van der Waals surface area contributed by atoms with Gasteiger partial charge in [-0.3, -0.25) is 13.9 Å².